The lowest BCUT2D eigenvalue weighted by molar-refractivity contribution is 0.417. The van der Waals surface area contributed by atoms with Crippen molar-refractivity contribution in [2.24, 2.45) is 7.05 Å². The van der Waals surface area contributed by atoms with Crippen molar-refractivity contribution in [3.63, 3.8) is 0 Å². The summed E-state index contributed by atoms with van der Waals surface area (Å²) < 4.78 is 7.11. The molecule has 0 aliphatic carbocycles. The van der Waals surface area contributed by atoms with Gasteiger partial charge in [0, 0.05) is 35.3 Å². The van der Waals surface area contributed by atoms with Gasteiger partial charge in [0.2, 0.25) is 0 Å². The molecule has 0 saturated heterocycles. The molecule has 98 valence electrons. The predicted molar refractivity (Wildman–Crippen MR) is 76.2 cm³/mol. The van der Waals surface area contributed by atoms with E-state index >= 15 is 0 Å². The van der Waals surface area contributed by atoms with E-state index in [0.29, 0.717) is 5.82 Å². The van der Waals surface area contributed by atoms with Crippen molar-refractivity contribution in [3.05, 3.63) is 30.0 Å². The SMILES string of the molecule is COc1cc2cc(C)[nH]c2cc1-c1cc(N)n(C)n1. The van der Waals surface area contributed by atoms with Crippen LogP contribution in [0, 0.1) is 6.92 Å². The van der Waals surface area contributed by atoms with Crippen molar-refractivity contribution in [1.82, 2.24) is 14.8 Å². The van der Waals surface area contributed by atoms with Crippen LogP contribution < -0.4 is 10.5 Å². The number of aryl methyl sites for hydroxylation is 2. The molecule has 0 aliphatic heterocycles. The molecule has 0 atom stereocenters. The number of nitrogens with one attached hydrogen (secondary N) is 1. The van der Waals surface area contributed by atoms with Gasteiger partial charge in [-0.25, -0.2) is 0 Å². The molecule has 3 aromatic rings. The van der Waals surface area contributed by atoms with E-state index in [1.165, 1.54) is 0 Å². The van der Waals surface area contributed by atoms with Gasteiger partial charge in [0.05, 0.1) is 12.8 Å². The molecular formula is C14H16N4O. The van der Waals surface area contributed by atoms with Gasteiger partial charge in [-0.1, -0.05) is 0 Å². The number of methoxy groups -OCH3 is 1. The lowest BCUT2D eigenvalue weighted by atomic mass is 10.1. The first-order valence-corrected chi connectivity index (χ1v) is 6.05. The second kappa shape index (κ2) is 4.05. The summed E-state index contributed by atoms with van der Waals surface area (Å²) in [6.07, 6.45) is 0. The van der Waals surface area contributed by atoms with Gasteiger partial charge in [-0.3, -0.25) is 4.68 Å². The number of hydrogen-bond donors (Lipinski definition) is 2. The fraction of sp³-hybridized carbons (Fsp3) is 0.214. The van der Waals surface area contributed by atoms with Gasteiger partial charge >= 0.3 is 0 Å². The van der Waals surface area contributed by atoms with Gasteiger partial charge < -0.3 is 15.5 Å². The Morgan fingerprint density at radius 2 is 2.05 bits per heavy atom. The van der Waals surface area contributed by atoms with E-state index in [0.717, 1.165) is 33.6 Å². The number of fused-ring (bicyclic) bond motifs is 1. The quantitative estimate of drug-likeness (QED) is 0.740. The molecule has 3 rings (SSSR count). The smallest absolute Gasteiger partial charge is 0.129 e. The van der Waals surface area contributed by atoms with Gasteiger partial charge in [-0.05, 0) is 25.1 Å². The normalized spacial score (nSPS) is 11.1. The summed E-state index contributed by atoms with van der Waals surface area (Å²) in [5.74, 6) is 1.42. The fourth-order valence-corrected chi connectivity index (χ4v) is 2.29. The monoisotopic (exact) mass is 256 g/mol. The van der Waals surface area contributed by atoms with E-state index < -0.39 is 0 Å². The zero-order chi connectivity index (χ0) is 13.6. The number of nitrogens with two attached hydrogens (primary N) is 1. The van der Waals surface area contributed by atoms with Gasteiger partial charge in [-0.2, -0.15) is 5.10 Å². The molecule has 0 radical (unpaired) electrons. The molecular weight excluding hydrogens is 240 g/mol. The maximum absolute atomic E-state index is 5.84. The summed E-state index contributed by atoms with van der Waals surface area (Å²) in [6.45, 7) is 2.03. The van der Waals surface area contributed by atoms with Gasteiger partial charge in [-0.15, -0.1) is 0 Å². The first-order valence-electron chi connectivity index (χ1n) is 6.05. The Balaban J connectivity index is 2.25. The summed E-state index contributed by atoms with van der Waals surface area (Å²) in [5, 5.41) is 5.53. The van der Waals surface area contributed by atoms with Crippen molar-refractivity contribution >= 4 is 16.7 Å². The zero-order valence-electron chi connectivity index (χ0n) is 11.2. The first-order chi connectivity index (χ1) is 9.08. The second-order valence-electron chi connectivity index (χ2n) is 4.67. The third-order valence-electron chi connectivity index (χ3n) is 3.27. The van der Waals surface area contributed by atoms with Crippen LogP contribution in [0.15, 0.2) is 24.3 Å². The van der Waals surface area contributed by atoms with Gasteiger partial charge in [0.25, 0.3) is 0 Å². The summed E-state index contributed by atoms with van der Waals surface area (Å²) in [5.41, 5.74) is 9.77. The second-order valence-corrected chi connectivity index (χ2v) is 4.67. The van der Waals surface area contributed by atoms with Crippen molar-refractivity contribution in [3.8, 4) is 17.0 Å². The number of rotatable bonds is 2. The number of nitrogen functional groups attached to an aromatic ring is 1. The van der Waals surface area contributed by atoms with E-state index in [9.17, 15) is 0 Å². The molecule has 0 bridgehead atoms. The minimum Gasteiger partial charge on any atom is -0.496 e. The van der Waals surface area contributed by atoms with Gasteiger partial charge in [0.1, 0.15) is 11.6 Å². The molecule has 0 unspecified atom stereocenters. The van der Waals surface area contributed by atoms with E-state index in [1.54, 1.807) is 11.8 Å². The third-order valence-corrected chi connectivity index (χ3v) is 3.27. The molecule has 3 N–H and O–H groups in total. The molecule has 5 nitrogen and oxygen atoms in total. The molecule has 0 amide bonds. The Bertz CT molecular complexity index is 735. The van der Waals surface area contributed by atoms with Gasteiger partial charge in [0.15, 0.2) is 0 Å². The lowest BCUT2D eigenvalue weighted by Gasteiger charge is -2.06. The molecule has 5 heteroatoms. The van der Waals surface area contributed by atoms with E-state index in [-0.39, 0.29) is 0 Å². The number of anilines is 1. The van der Waals surface area contributed by atoms with Crippen LogP contribution in [-0.2, 0) is 7.05 Å². The van der Waals surface area contributed by atoms with Crippen LogP contribution in [0.4, 0.5) is 5.82 Å². The lowest BCUT2D eigenvalue weighted by Crippen LogP contribution is -1.96. The van der Waals surface area contributed by atoms with Crippen LogP contribution in [0.5, 0.6) is 5.75 Å². The Hall–Kier alpha value is -2.43. The Labute approximate surface area is 111 Å². The van der Waals surface area contributed by atoms with Crippen molar-refractivity contribution < 1.29 is 4.74 Å². The van der Waals surface area contributed by atoms with Crippen LogP contribution in [0.1, 0.15) is 5.69 Å². The fourth-order valence-electron chi connectivity index (χ4n) is 2.29. The minimum absolute atomic E-state index is 0.625. The van der Waals surface area contributed by atoms with E-state index in [4.69, 9.17) is 10.5 Å². The van der Waals surface area contributed by atoms with Crippen molar-refractivity contribution in [1.29, 1.82) is 0 Å². The van der Waals surface area contributed by atoms with Crippen LogP contribution in [-0.4, -0.2) is 21.9 Å². The number of aromatic nitrogens is 3. The van der Waals surface area contributed by atoms with Crippen LogP contribution in [0.3, 0.4) is 0 Å². The third kappa shape index (κ3) is 1.83. The summed E-state index contributed by atoms with van der Waals surface area (Å²) in [4.78, 5) is 3.32. The van der Waals surface area contributed by atoms with Crippen molar-refractivity contribution in [2.75, 3.05) is 12.8 Å². The highest BCUT2D eigenvalue weighted by atomic mass is 16.5. The number of benzene rings is 1. The highest BCUT2D eigenvalue weighted by Gasteiger charge is 2.13. The zero-order valence-corrected chi connectivity index (χ0v) is 11.2. The maximum Gasteiger partial charge on any atom is 0.129 e. The Kier molecular flexibility index (Phi) is 2.48. The maximum atomic E-state index is 5.84. The highest BCUT2D eigenvalue weighted by molar-refractivity contribution is 5.88. The summed E-state index contributed by atoms with van der Waals surface area (Å²) in [7, 11) is 3.49. The largest absolute Gasteiger partial charge is 0.496 e. The standard InChI is InChI=1S/C14H16N4O/c1-8-4-9-5-13(19-3)10(6-11(9)16-8)12-7-14(15)18(2)17-12/h4-7,16H,15H2,1-3H3. The molecule has 0 saturated carbocycles. The molecule has 1 aromatic carbocycles. The van der Waals surface area contributed by atoms with Crippen LogP contribution in [0.25, 0.3) is 22.2 Å². The molecule has 2 heterocycles. The summed E-state index contributed by atoms with van der Waals surface area (Å²) >= 11 is 0. The molecule has 19 heavy (non-hydrogen) atoms. The number of ether oxygens (including phenoxy) is 1. The molecule has 0 spiro atoms. The number of hydrogen-bond acceptors (Lipinski definition) is 3. The van der Waals surface area contributed by atoms with Crippen LogP contribution >= 0.6 is 0 Å². The average molecular weight is 256 g/mol. The number of aromatic amines is 1. The molecule has 0 fully saturated rings. The Morgan fingerprint density at radius 1 is 1.26 bits per heavy atom. The minimum atomic E-state index is 0.625. The number of nitrogens with zero attached hydrogens (tertiary/aromatic N) is 2. The molecule has 0 aliphatic rings. The highest BCUT2D eigenvalue weighted by Crippen LogP contribution is 2.34. The van der Waals surface area contributed by atoms with E-state index in [1.807, 2.05) is 32.2 Å². The number of H-pyrrole nitrogens is 1. The first kappa shape index (κ1) is 11.6. The summed E-state index contributed by atoms with van der Waals surface area (Å²) in [6, 6.07) is 8.00. The predicted octanol–water partition coefficient (Wildman–Crippen LogP) is 2.47. The molecule has 2 aromatic heterocycles. The Morgan fingerprint density at radius 3 is 2.68 bits per heavy atom. The van der Waals surface area contributed by atoms with E-state index in [2.05, 4.69) is 16.1 Å². The average Bonchev–Trinajstić information content (AvgIpc) is 2.89. The topological polar surface area (TPSA) is 68.9 Å². The van der Waals surface area contributed by atoms with Crippen LogP contribution in [0.2, 0.25) is 0 Å². The van der Waals surface area contributed by atoms with Crippen molar-refractivity contribution in [2.45, 2.75) is 6.92 Å².